The van der Waals surface area contributed by atoms with Crippen LogP contribution in [-0.2, 0) is 0 Å². The van der Waals surface area contributed by atoms with Crippen molar-refractivity contribution in [1.29, 1.82) is 0 Å². The maximum atomic E-state index is 6.31. The first-order valence-electron chi connectivity index (χ1n) is 5.75. The van der Waals surface area contributed by atoms with Crippen molar-refractivity contribution < 1.29 is 0 Å². The predicted molar refractivity (Wildman–Crippen MR) is 65.1 cm³/mol. The fraction of sp³-hybridized carbons (Fsp3) is 1.00. The zero-order valence-electron chi connectivity index (χ0n) is 9.62. The molecule has 0 spiro atoms. The summed E-state index contributed by atoms with van der Waals surface area (Å²) < 4.78 is 0. The number of rotatable bonds is 9. The van der Waals surface area contributed by atoms with E-state index in [-0.39, 0.29) is 11.6 Å². The third kappa shape index (κ3) is 5.44. The molecule has 5 heteroatoms. The summed E-state index contributed by atoms with van der Waals surface area (Å²) in [4.78, 5) is 0. The van der Waals surface area contributed by atoms with Gasteiger partial charge in [-0.25, -0.2) is 0 Å². The second-order valence-corrected chi connectivity index (χ2v) is 4.20. The van der Waals surface area contributed by atoms with Crippen LogP contribution in [0.15, 0.2) is 0 Å². The minimum atomic E-state index is -0.349. The molecule has 0 fully saturated rings. The van der Waals surface area contributed by atoms with Gasteiger partial charge in [-0.1, -0.05) is 0 Å². The second kappa shape index (κ2) is 8.01. The average Bonchev–Trinajstić information content (AvgIpc) is 2.24. The first-order valence-corrected chi connectivity index (χ1v) is 5.75. The van der Waals surface area contributed by atoms with E-state index in [1.807, 2.05) is 0 Å². The summed E-state index contributed by atoms with van der Waals surface area (Å²) in [6.45, 7) is 1.87. The summed E-state index contributed by atoms with van der Waals surface area (Å²) in [6, 6.07) is -0.0550. The molecule has 92 valence electrons. The molecule has 0 heterocycles. The molecule has 0 saturated heterocycles. The molecular formula is C10H27N5. The summed E-state index contributed by atoms with van der Waals surface area (Å²) in [5, 5.41) is 0. The van der Waals surface area contributed by atoms with Crippen molar-refractivity contribution in [3.8, 4) is 0 Å². The summed E-state index contributed by atoms with van der Waals surface area (Å²) >= 11 is 0. The Morgan fingerprint density at radius 3 is 1.67 bits per heavy atom. The van der Waals surface area contributed by atoms with E-state index in [1.165, 1.54) is 0 Å². The molecule has 0 aliphatic rings. The molecule has 0 aromatic rings. The van der Waals surface area contributed by atoms with Crippen LogP contribution in [0.4, 0.5) is 0 Å². The minimum Gasteiger partial charge on any atom is -0.330 e. The molecule has 5 nitrogen and oxygen atoms in total. The van der Waals surface area contributed by atoms with Crippen molar-refractivity contribution in [1.82, 2.24) is 0 Å². The fourth-order valence-corrected chi connectivity index (χ4v) is 1.83. The Kier molecular flexibility index (Phi) is 7.90. The first-order chi connectivity index (χ1) is 7.10. The number of hydrogen-bond donors (Lipinski definition) is 5. The predicted octanol–water partition coefficient (Wildman–Crippen LogP) is -1.16. The van der Waals surface area contributed by atoms with E-state index >= 15 is 0 Å². The number of hydrogen-bond acceptors (Lipinski definition) is 5. The Morgan fingerprint density at radius 1 is 0.867 bits per heavy atom. The molecule has 0 aromatic carbocycles. The Bertz CT molecular complexity index is 143. The molecule has 0 aromatic heterocycles. The van der Waals surface area contributed by atoms with Gasteiger partial charge in [0.25, 0.3) is 0 Å². The molecule has 10 N–H and O–H groups in total. The maximum absolute atomic E-state index is 6.31. The molecule has 0 bridgehead atoms. The van der Waals surface area contributed by atoms with E-state index in [2.05, 4.69) is 0 Å². The van der Waals surface area contributed by atoms with Crippen LogP contribution in [0.5, 0.6) is 0 Å². The molecule has 0 aliphatic carbocycles. The second-order valence-electron chi connectivity index (χ2n) is 4.20. The van der Waals surface area contributed by atoms with Crippen molar-refractivity contribution in [2.45, 2.75) is 43.7 Å². The summed E-state index contributed by atoms with van der Waals surface area (Å²) in [6.07, 6.45) is 4.26. The van der Waals surface area contributed by atoms with Crippen LogP contribution in [-0.4, -0.2) is 31.2 Å². The van der Waals surface area contributed by atoms with E-state index in [9.17, 15) is 0 Å². The van der Waals surface area contributed by atoms with Crippen LogP contribution in [0.25, 0.3) is 0 Å². The fourth-order valence-electron chi connectivity index (χ4n) is 1.83. The average molecular weight is 217 g/mol. The van der Waals surface area contributed by atoms with E-state index < -0.39 is 0 Å². The van der Waals surface area contributed by atoms with Gasteiger partial charge in [0.05, 0.1) is 0 Å². The third-order valence-corrected chi connectivity index (χ3v) is 2.91. The quantitative estimate of drug-likeness (QED) is 0.332. The lowest BCUT2D eigenvalue weighted by molar-refractivity contribution is 0.279. The number of nitrogens with two attached hydrogens (primary N) is 5. The Labute approximate surface area is 92.7 Å². The van der Waals surface area contributed by atoms with Crippen LogP contribution in [0.1, 0.15) is 32.1 Å². The summed E-state index contributed by atoms with van der Waals surface area (Å²) in [5.74, 6) is 0. The molecule has 15 heavy (non-hydrogen) atoms. The standard InChI is InChI=1S/C10H27N5/c11-6-1-4-10(15,5-2-7-12)9(14)3-8-13/h9H,1-8,11-15H2. The van der Waals surface area contributed by atoms with Gasteiger partial charge >= 0.3 is 0 Å². The topological polar surface area (TPSA) is 130 Å². The van der Waals surface area contributed by atoms with Gasteiger partial charge in [0.15, 0.2) is 0 Å². The Balaban J connectivity index is 4.23. The zero-order chi connectivity index (χ0) is 11.7. The molecule has 0 radical (unpaired) electrons. The molecule has 1 atom stereocenters. The van der Waals surface area contributed by atoms with Crippen LogP contribution in [0, 0.1) is 0 Å². The van der Waals surface area contributed by atoms with Crippen molar-refractivity contribution in [2.24, 2.45) is 28.7 Å². The Morgan fingerprint density at radius 2 is 1.33 bits per heavy atom. The normalized spacial score (nSPS) is 14.2. The highest BCUT2D eigenvalue weighted by Crippen LogP contribution is 2.21. The monoisotopic (exact) mass is 217 g/mol. The molecule has 0 aliphatic heterocycles. The van der Waals surface area contributed by atoms with Gasteiger partial charge in [-0.3, -0.25) is 0 Å². The highest BCUT2D eigenvalue weighted by Gasteiger charge is 2.30. The van der Waals surface area contributed by atoms with Crippen molar-refractivity contribution in [2.75, 3.05) is 19.6 Å². The minimum absolute atomic E-state index is 0.0550. The third-order valence-electron chi connectivity index (χ3n) is 2.91. The van der Waals surface area contributed by atoms with Crippen molar-refractivity contribution >= 4 is 0 Å². The first kappa shape index (κ1) is 14.8. The van der Waals surface area contributed by atoms with E-state index in [4.69, 9.17) is 28.7 Å². The molecule has 0 rings (SSSR count). The maximum Gasteiger partial charge on any atom is 0.0309 e. The van der Waals surface area contributed by atoms with Gasteiger partial charge in [0.1, 0.15) is 0 Å². The SMILES string of the molecule is NCCCC(N)(CCCN)C(N)CCN. The van der Waals surface area contributed by atoms with Gasteiger partial charge < -0.3 is 28.7 Å². The van der Waals surface area contributed by atoms with E-state index in [1.54, 1.807) is 0 Å². The van der Waals surface area contributed by atoms with Gasteiger partial charge in [0, 0.05) is 11.6 Å². The Hall–Kier alpha value is -0.200. The van der Waals surface area contributed by atoms with Gasteiger partial charge in [-0.15, -0.1) is 0 Å². The molecule has 0 amide bonds. The summed E-state index contributed by atoms with van der Waals surface area (Å²) in [5.41, 5.74) is 28.5. The largest absolute Gasteiger partial charge is 0.330 e. The molecular weight excluding hydrogens is 190 g/mol. The lowest BCUT2D eigenvalue weighted by Gasteiger charge is -2.35. The van der Waals surface area contributed by atoms with Crippen LogP contribution < -0.4 is 28.7 Å². The highest BCUT2D eigenvalue weighted by atomic mass is 14.9. The van der Waals surface area contributed by atoms with Gasteiger partial charge in [-0.05, 0) is 51.7 Å². The van der Waals surface area contributed by atoms with E-state index in [0.717, 1.165) is 32.1 Å². The lowest BCUT2D eigenvalue weighted by Crippen LogP contribution is -2.56. The lowest BCUT2D eigenvalue weighted by atomic mass is 9.81. The van der Waals surface area contributed by atoms with Gasteiger partial charge in [-0.2, -0.15) is 0 Å². The van der Waals surface area contributed by atoms with Crippen molar-refractivity contribution in [3.05, 3.63) is 0 Å². The zero-order valence-corrected chi connectivity index (χ0v) is 9.62. The van der Waals surface area contributed by atoms with Crippen molar-refractivity contribution in [3.63, 3.8) is 0 Å². The smallest absolute Gasteiger partial charge is 0.0309 e. The molecule has 0 saturated carbocycles. The van der Waals surface area contributed by atoms with E-state index in [0.29, 0.717) is 19.6 Å². The van der Waals surface area contributed by atoms with Crippen LogP contribution >= 0.6 is 0 Å². The van der Waals surface area contributed by atoms with Crippen LogP contribution in [0.3, 0.4) is 0 Å². The van der Waals surface area contributed by atoms with Gasteiger partial charge in [0.2, 0.25) is 0 Å². The summed E-state index contributed by atoms with van der Waals surface area (Å²) in [7, 11) is 0. The highest BCUT2D eigenvalue weighted by molar-refractivity contribution is 4.94. The molecule has 1 unspecified atom stereocenters. The van der Waals surface area contributed by atoms with Crippen LogP contribution in [0.2, 0.25) is 0 Å².